The van der Waals surface area contributed by atoms with Crippen molar-refractivity contribution in [1.82, 2.24) is 20.4 Å². The fourth-order valence-corrected chi connectivity index (χ4v) is 3.36. The van der Waals surface area contributed by atoms with E-state index in [1.165, 1.54) is 5.56 Å². The number of thiophene rings is 1. The van der Waals surface area contributed by atoms with Crippen molar-refractivity contribution in [2.45, 2.75) is 25.9 Å². The Morgan fingerprint density at radius 1 is 1.22 bits per heavy atom. The van der Waals surface area contributed by atoms with Gasteiger partial charge in [0.1, 0.15) is 0 Å². The Balaban J connectivity index is 1.96. The highest BCUT2D eigenvalue weighted by atomic mass is 32.1. The minimum atomic E-state index is -0.567. The molecule has 0 aromatic carbocycles. The molecule has 6 nitrogen and oxygen atoms in total. The van der Waals surface area contributed by atoms with Crippen molar-refractivity contribution in [3.63, 3.8) is 0 Å². The highest BCUT2D eigenvalue weighted by Gasteiger charge is 2.25. The predicted octanol–water partition coefficient (Wildman–Crippen LogP) is 0.677. The van der Waals surface area contributed by atoms with Crippen LogP contribution in [0.2, 0.25) is 0 Å². The quantitative estimate of drug-likeness (QED) is 0.775. The maximum atomic E-state index is 11.9. The SMILES string of the molecule is CC(C)NC(=O)C(=O)NCC(c1ccsc1)N1CCN(C)CC1. The van der Waals surface area contributed by atoms with Gasteiger partial charge in [0.05, 0.1) is 6.04 Å². The maximum Gasteiger partial charge on any atom is 0.309 e. The van der Waals surface area contributed by atoms with Crippen LogP contribution in [0.15, 0.2) is 16.8 Å². The van der Waals surface area contributed by atoms with Gasteiger partial charge in [0, 0.05) is 38.8 Å². The third-order valence-electron chi connectivity index (χ3n) is 3.99. The molecule has 2 amide bonds. The summed E-state index contributed by atoms with van der Waals surface area (Å²) in [5.41, 5.74) is 1.20. The van der Waals surface area contributed by atoms with E-state index in [-0.39, 0.29) is 12.1 Å². The first-order valence-electron chi connectivity index (χ1n) is 8.00. The van der Waals surface area contributed by atoms with Crippen LogP contribution in [0.25, 0.3) is 0 Å². The van der Waals surface area contributed by atoms with E-state index in [2.05, 4.69) is 38.9 Å². The highest BCUT2D eigenvalue weighted by Crippen LogP contribution is 2.23. The molecule has 1 aromatic rings. The van der Waals surface area contributed by atoms with Gasteiger partial charge in [-0.25, -0.2) is 0 Å². The number of rotatable bonds is 5. The zero-order chi connectivity index (χ0) is 16.8. The molecule has 7 heteroatoms. The number of carbonyl (C=O) groups is 2. The summed E-state index contributed by atoms with van der Waals surface area (Å²) in [6.07, 6.45) is 0. The number of likely N-dealkylation sites (N-methyl/N-ethyl adjacent to an activating group) is 1. The topological polar surface area (TPSA) is 64.7 Å². The summed E-state index contributed by atoms with van der Waals surface area (Å²) in [5.74, 6) is -1.13. The third kappa shape index (κ3) is 5.30. The number of nitrogens with one attached hydrogen (secondary N) is 2. The summed E-state index contributed by atoms with van der Waals surface area (Å²) in [6, 6.07) is 2.16. The van der Waals surface area contributed by atoms with Crippen molar-refractivity contribution in [2.75, 3.05) is 39.8 Å². The van der Waals surface area contributed by atoms with Crippen LogP contribution in [0.5, 0.6) is 0 Å². The molecule has 1 atom stereocenters. The van der Waals surface area contributed by atoms with Crippen LogP contribution >= 0.6 is 11.3 Å². The van der Waals surface area contributed by atoms with Gasteiger partial charge in [-0.2, -0.15) is 11.3 Å². The number of carbonyl (C=O) groups excluding carboxylic acids is 2. The molecule has 0 bridgehead atoms. The summed E-state index contributed by atoms with van der Waals surface area (Å²) in [7, 11) is 2.12. The third-order valence-corrected chi connectivity index (χ3v) is 4.69. The van der Waals surface area contributed by atoms with Crippen LogP contribution in [0, 0.1) is 0 Å². The molecule has 2 heterocycles. The van der Waals surface area contributed by atoms with Crippen molar-refractivity contribution in [3.05, 3.63) is 22.4 Å². The van der Waals surface area contributed by atoms with Gasteiger partial charge in [-0.15, -0.1) is 0 Å². The molecule has 1 fully saturated rings. The van der Waals surface area contributed by atoms with Crippen LogP contribution in [-0.4, -0.2) is 67.4 Å². The second-order valence-corrected chi connectivity index (χ2v) is 7.03. The Kier molecular flexibility index (Phi) is 6.56. The lowest BCUT2D eigenvalue weighted by molar-refractivity contribution is -0.139. The lowest BCUT2D eigenvalue weighted by Gasteiger charge is -2.37. The Hall–Kier alpha value is -1.44. The van der Waals surface area contributed by atoms with E-state index in [1.807, 2.05) is 19.2 Å². The number of nitrogens with zero attached hydrogens (tertiary/aromatic N) is 2. The molecule has 128 valence electrons. The monoisotopic (exact) mass is 338 g/mol. The van der Waals surface area contributed by atoms with Crippen molar-refractivity contribution < 1.29 is 9.59 Å². The van der Waals surface area contributed by atoms with Crippen LogP contribution in [-0.2, 0) is 9.59 Å². The van der Waals surface area contributed by atoms with Crippen LogP contribution < -0.4 is 10.6 Å². The van der Waals surface area contributed by atoms with Crippen molar-refractivity contribution >= 4 is 23.2 Å². The first-order chi connectivity index (χ1) is 11.0. The highest BCUT2D eigenvalue weighted by molar-refractivity contribution is 7.07. The molecule has 1 aliphatic heterocycles. The molecule has 0 saturated carbocycles. The van der Waals surface area contributed by atoms with Gasteiger partial charge in [0.25, 0.3) is 0 Å². The minimum Gasteiger partial charge on any atom is -0.346 e. The maximum absolute atomic E-state index is 11.9. The fourth-order valence-electron chi connectivity index (χ4n) is 2.65. The molecule has 2 rings (SSSR count). The molecule has 1 unspecified atom stereocenters. The van der Waals surface area contributed by atoms with Crippen LogP contribution in [0.3, 0.4) is 0 Å². The van der Waals surface area contributed by atoms with Crippen LogP contribution in [0.1, 0.15) is 25.5 Å². The minimum absolute atomic E-state index is 0.0430. The van der Waals surface area contributed by atoms with E-state index in [4.69, 9.17) is 0 Å². The largest absolute Gasteiger partial charge is 0.346 e. The van der Waals surface area contributed by atoms with Crippen molar-refractivity contribution in [2.24, 2.45) is 0 Å². The Morgan fingerprint density at radius 2 is 1.91 bits per heavy atom. The van der Waals surface area contributed by atoms with E-state index in [0.29, 0.717) is 6.54 Å². The number of amides is 2. The zero-order valence-corrected chi connectivity index (χ0v) is 14.9. The van der Waals surface area contributed by atoms with Gasteiger partial charge in [-0.3, -0.25) is 14.5 Å². The average molecular weight is 338 g/mol. The average Bonchev–Trinajstić information content (AvgIpc) is 3.02. The molecule has 1 saturated heterocycles. The van der Waals surface area contributed by atoms with Gasteiger partial charge in [-0.1, -0.05) is 0 Å². The van der Waals surface area contributed by atoms with Crippen LogP contribution in [0.4, 0.5) is 0 Å². The summed E-state index contributed by atoms with van der Waals surface area (Å²) >= 11 is 1.65. The summed E-state index contributed by atoms with van der Waals surface area (Å²) in [6.45, 7) is 8.08. The Morgan fingerprint density at radius 3 is 2.48 bits per heavy atom. The van der Waals surface area contributed by atoms with Crippen molar-refractivity contribution in [3.8, 4) is 0 Å². The molecule has 0 aliphatic carbocycles. The van der Waals surface area contributed by atoms with Gasteiger partial charge in [0.15, 0.2) is 0 Å². The molecule has 1 aliphatic rings. The molecule has 1 aromatic heterocycles. The first-order valence-corrected chi connectivity index (χ1v) is 8.95. The standard InChI is InChI=1S/C16H26N4O2S/c1-12(2)18-16(22)15(21)17-10-14(13-4-9-23-11-13)20-7-5-19(3)6-8-20/h4,9,11-12,14H,5-8,10H2,1-3H3,(H,17,21)(H,18,22). The molecule has 0 spiro atoms. The molecule has 0 radical (unpaired) electrons. The smallest absolute Gasteiger partial charge is 0.309 e. The van der Waals surface area contributed by atoms with E-state index in [9.17, 15) is 9.59 Å². The van der Waals surface area contributed by atoms with E-state index >= 15 is 0 Å². The second kappa shape index (κ2) is 8.42. The fraction of sp³-hybridized carbons (Fsp3) is 0.625. The van der Waals surface area contributed by atoms with Gasteiger partial charge < -0.3 is 15.5 Å². The Labute approximate surface area is 141 Å². The molecule has 23 heavy (non-hydrogen) atoms. The van der Waals surface area contributed by atoms with Gasteiger partial charge >= 0.3 is 11.8 Å². The van der Waals surface area contributed by atoms with Gasteiger partial charge in [-0.05, 0) is 43.3 Å². The molecule has 2 N–H and O–H groups in total. The normalized spacial score (nSPS) is 17.9. The number of hydrogen-bond donors (Lipinski definition) is 2. The van der Waals surface area contributed by atoms with E-state index in [1.54, 1.807) is 11.3 Å². The summed E-state index contributed by atoms with van der Waals surface area (Å²) in [4.78, 5) is 28.3. The van der Waals surface area contributed by atoms with Gasteiger partial charge in [0.2, 0.25) is 0 Å². The number of piperazine rings is 1. The zero-order valence-electron chi connectivity index (χ0n) is 14.0. The summed E-state index contributed by atoms with van der Waals surface area (Å²) in [5, 5.41) is 9.56. The first kappa shape index (κ1) is 17.9. The summed E-state index contributed by atoms with van der Waals surface area (Å²) < 4.78 is 0. The number of hydrogen-bond acceptors (Lipinski definition) is 5. The molecular weight excluding hydrogens is 312 g/mol. The Bertz CT molecular complexity index is 510. The van der Waals surface area contributed by atoms with E-state index < -0.39 is 11.8 Å². The second-order valence-electron chi connectivity index (χ2n) is 6.25. The van der Waals surface area contributed by atoms with Crippen molar-refractivity contribution in [1.29, 1.82) is 0 Å². The lowest BCUT2D eigenvalue weighted by atomic mass is 10.1. The lowest BCUT2D eigenvalue weighted by Crippen LogP contribution is -2.50. The predicted molar refractivity (Wildman–Crippen MR) is 92.4 cm³/mol. The molecular formula is C16H26N4O2S. The van der Waals surface area contributed by atoms with E-state index in [0.717, 1.165) is 26.2 Å².